The first-order valence-electron chi connectivity index (χ1n) is 12.8. The summed E-state index contributed by atoms with van der Waals surface area (Å²) in [6.45, 7) is 5.99. The molecule has 0 bridgehead atoms. The molecule has 9 nitrogen and oxygen atoms in total. The van der Waals surface area contributed by atoms with Crippen LogP contribution < -0.4 is 20.7 Å². The number of aliphatic hydroxyl groups is 1. The number of methoxy groups -OCH3 is 1. The second kappa shape index (κ2) is 11.6. The molecule has 9 heteroatoms. The molecule has 1 aromatic carbocycles. The molecule has 194 valence electrons. The van der Waals surface area contributed by atoms with Gasteiger partial charge in [-0.2, -0.15) is 0 Å². The lowest BCUT2D eigenvalue weighted by Gasteiger charge is -2.18. The molecule has 0 aliphatic heterocycles. The number of hydrogen-bond donors (Lipinski definition) is 1. The first kappa shape index (κ1) is 25.8. The summed E-state index contributed by atoms with van der Waals surface area (Å²) in [6.07, 6.45) is 9.02. The third-order valence-corrected chi connectivity index (χ3v) is 6.83. The van der Waals surface area contributed by atoms with E-state index in [-0.39, 0.29) is 19.2 Å². The van der Waals surface area contributed by atoms with Gasteiger partial charge in [0.1, 0.15) is 12.7 Å². The highest BCUT2D eigenvalue weighted by atomic mass is 16.5. The number of aromatic nitrogens is 4. The first-order valence-corrected chi connectivity index (χ1v) is 12.8. The Morgan fingerprint density at radius 1 is 1.22 bits per heavy atom. The topological polar surface area (TPSA) is 101 Å². The van der Waals surface area contributed by atoms with E-state index in [4.69, 9.17) is 9.47 Å². The molecule has 0 saturated heterocycles. The fraction of sp³-hybridized carbons (Fsp3) is 0.519. The van der Waals surface area contributed by atoms with Crippen LogP contribution in [-0.2, 0) is 19.5 Å². The van der Waals surface area contributed by atoms with E-state index in [2.05, 4.69) is 18.5 Å². The molecule has 0 radical (unpaired) electrons. The molecule has 36 heavy (non-hydrogen) atoms. The first-order chi connectivity index (χ1) is 17.5. The van der Waals surface area contributed by atoms with Gasteiger partial charge in [-0.1, -0.05) is 38.3 Å². The van der Waals surface area contributed by atoms with Crippen molar-refractivity contribution in [1.82, 2.24) is 18.7 Å². The summed E-state index contributed by atoms with van der Waals surface area (Å²) in [4.78, 5) is 31.4. The van der Waals surface area contributed by atoms with Gasteiger partial charge in [-0.25, -0.2) is 9.78 Å². The van der Waals surface area contributed by atoms with E-state index in [0.717, 1.165) is 48.7 Å². The number of rotatable bonds is 12. The number of imidazole rings is 1. The lowest BCUT2D eigenvalue weighted by Crippen LogP contribution is -2.44. The van der Waals surface area contributed by atoms with Crippen molar-refractivity contribution in [2.45, 2.75) is 77.1 Å². The Morgan fingerprint density at radius 3 is 2.69 bits per heavy atom. The van der Waals surface area contributed by atoms with Gasteiger partial charge < -0.3 is 19.1 Å². The minimum atomic E-state index is -1.08. The Labute approximate surface area is 210 Å². The summed E-state index contributed by atoms with van der Waals surface area (Å²) in [5.74, 6) is 1.02. The minimum Gasteiger partial charge on any atom is -0.493 e. The van der Waals surface area contributed by atoms with Gasteiger partial charge in [-0.3, -0.25) is 13.9 Å². The van der Waals surface area contributed by atoms with Crippen LogP contribution in [0.15, 0.2) is 46.8 Å². The number of aliphatic hydroxyl groups excluding tert-OH is 1. The molecule has 1 N–H and O–H groups in total. The SMILES string of the molecule is C=CCc1ccc(OC[C@H](O)Cn2c(=O)c3c(ncn3C3CCCC3)n(CCCC)c2=O)c(OC)c1. The lowest BCUT2D eigenvalue weighted by atomic mass is 10.1. The van der Waals surface area contributed by atoms with Crippen molar-refractivity contribution in [2.24, 2.45) is 0 Å². The van der Waals surface area contributed by atoms with Gasteiger partial charge in [0.25, 0.3) is 5.56 Å². The van der Waals surface area contributed by atoms with E-state index in [0.29, 0.717) is 35.6 Å². The smallest absolute Gasteiger partial charge is 0.332 e. The fourth-order valence-electron chi connectivity index (χ4n) is 4.92. The highest BCUT2D eigenvalue weighted by molar-refractivity contribution is 5.70. The molecule has 0 amide bonds. The van der Waals surface area contributed by atoms with Gasteiger partial charge in [-0.05, 0) is 43.4 Å². The Bertz CT molecular complexity index is 1320. The molecule has 2 aromatic heterocycles. The standard InChI is InChI=1S/C27H36N4O5/c1-4-6-14-29-25-24(31(18-28-25)20-10-7-8-11-20)26(33)30(27(29)34)16-21(32)17-36-22-13-12-19(9-5-2)15-23(22)35-3/h5,12-13,15,18,20-21,32H,2,4,6-11,14,16-17H2,1,3H3/t21-/m1/s1. The monoisotopic (exact) mass is 496 g/mol. The van der Waals surface area contributed by atoms with Gasteiger partial charge in [-0.15, -0.1) is 6.58 Å². The summed E-state index contributed by atoms with van der Waals surface area (Å²) in [5, 5.41) is 10.8. The second-order valence-electron chi connectivity index (χ2n) is 9.41. The molecule has 1 fully saturated rings. The molecular weight excluding hydrogens is 460 g/mol. The maximum Gasteiger partial charge on any atom is 0.332 e. The molecule has 3 aromatic rings. The van der Waals surface area contributed by atoms with Crippen molar-refractivity contribution in [3.63, 3.8) is 0 Å². The van der Waals surface area contributed by atoms with Crippen molar-refractivity contribution in [3.8, 4) is 11.5 Å². The summed E-state index contributed by atoms with van der Waals surface area (Å²) in [5.41, 5.74) is 1.02. The van der Waals surface area contributed by atoms with Crippen LogP contribution in [0, 0.1) is 0 Å². The van der Waals surface area contributed by atoms with Gasteiger partial charge >= 0.3 is 5.69 Å². The van der Waals surface area contributed by atoms with E-state index in [1.54, 1.807) is 30.1 Å². The minimum absolute atomic E-state index is 0.0993. The Kier molecular flexibility index (Phi) is 8.30. The average Bonchev–Trinajstić information content (AvgIpc) is 3.56. The maximum atomic E-state index is 13.5. The van der Waals surface area contributed by atoms with Crippen LogP contribution in [0.5, 0.6) is 11.5 Å². The molecular formula is C27H36N4O5. The van der Waals surface area contributed by atoms with Crippen LogP contribution in [0.4, 0.5) is 0 Å². The summed E-state index contributed by atoms with van der Waals surface area (Å²) >= 11 is 0. The average molecular weight is 497 g/mol. The third-order valence-electron chi connectivity index (χ3n) is 6.83. The second-order valence-corrected chi connectivity index (χ2v) is 9.41. The fourth-order valence-corrected chi connectivity index (χ4v) is 4.92. The number of benzene rings is 1. The van der Waals surface area contributed by atoms with E-state index >= 15 is 0 Å². The summed E-state index contributed by atoms with van der Waals surface area (Å²) in [7, 11) is 1.55. The molecule has 4 rings (SSSR count). The molecule has 2 heterocycles. The number of nitrogens with zero attached hydrogens (tertiary/aromatic N) is 4. The van der Waals surface area contributed by atoms with E-state index in [1.807, 2.05) is 16.7 Å². The van der Waals surface area contributed by atoms with Crippen molar-refractivity contribution in [2.75, 3.05) is 13.7 Å². The summed E-state index contributed by atoms with van der Waals surface area (Å²) in [6, 6.07) is 5.75. The quantitative estimate of drug-likeness (QED) is 0.386. The van der Waals surface area contributed by atoms with E-state index in [9.17, 15) is 14.7 Å². The normalized spacial score (nSPS) is 14.9. The highest BCUT2D eigenvalue weighted by Gasteiger charge is 2.25. The van der Waals surface area contributed by atoms with Crippen molar-refractivity contribution < 1.29 is 14.6 Å². The van der Waals surface area contributed by atoms with Crippen LogP contribution >= 0.6 is 0 Å². The highest BCUT2D eigenvalue weighted by Crippen LogP contribution is 2.31. The van der Waals surface area contributed by atoms with Crippen molar-refractivity contribution >= 4 is 11.2 Å². The number of unbranched alkanes of at least 4 members (excludes halogenated alkanes) is 1. The van der Waals surface area contributed by atoms with Crippen molar-refractivity contribution in [3.05, 3.63) is 63.6 Å². The molecule has 1 aliphatic carbocycles. The van der Waals surface area contributed by atoms with Crippen LogP contribution in [0.3, 0.4) is 0 Å². The van der Waals surface area contributed by atoms with Gasteiger partial charge in [0.2, 0.25) is 0 Å². The lowest BCUT2D eigenvalue weighted by molar-refractivity contribution is 0.0887. The van der Waals surface area contributed by atoms with Gasteiger partial charge in [0.05, 0.1) is 20.0 Å². The third kappa shape index (κ3) is 5.26. The zero-order valence-electron chi connectivity index (χ0n) is 21.2. The largest absolute Gasteiger partial charge is 0.493 e. The molecule has 0 unspecified atom stereocenters. The van der Waals surface area contributed by atoms with Crippen molar-refractivity contribution in [1.29, 1.82) is 0 Å². The van der Waals surface area contributed by atoms with Gasteiger partial charge in [0.15, 0.2) is 22.7 Å². The Hall–Kier alpha value is -3.33. The Morgan fingerprint density at radius 2 is 2.00 bits per heavy atom. The predicted octanol–water partition coefficient (Wildman–Crippen LogP) is 3.45. The predicted molar refractivity (Wildman–Crippen MR) is 139 cm³/mol. The molecule has 0 spiro atoms. The zero-order valence-corrected chi connectivity index (χ0v) is 21.2. The van der Waals surface area contributed by atoms with Crippen LogP contribution in [0.25, 0.3) is 11.2 Å². The zero-order chi connectivity index (χ0) is 25.7. The van der Waals surface area contributed by atoms with Gasteiger partial charge in [0, 0.05) is 12.6 Å². The Balaban J connectivity index is 1.61. The van der Waals surface area contributed by atoms with Crippen LogP contribution in [-0.4, -0.2) is 43.6 Å². The summed E-state index contributed by atoms with van der Waals surface area (Å²) < 4.78 is 15.9. The van der Waals surface area contributed by atoms with Crippen LogP contribution in [0.2, 0.25) is 0 Å². The number of allylic oxidation sites excluding steroid dienone is 1. The van der Waals surface area contributed by atoms with E-state index in [1.165, 1.54) is 0 Å². The number of ether oxygens (including phenoxy) is 2. The number of hydrogen-bond acceptors (Lipinski definition) is 6. The van der Waals surface area contributed by atoms with Crippen LogP contribution in [0.1, 0.15) is 57.1 Å². The molecule has 1 saturated carbocycles. The molecule has 1 aliphatic rings. The molecule has 1 atom stereocenters. The number of fused-ring (bicyclic) bond motifs is 1. The maximum absolute atomic E-state index is 13.5. The number of aryl methyl sites for hydroxylation is 1. The van der Waals surface area contributed by atoms with E-state index < -0.39 is 17.4 Å².